The number of Topliss-reactive ketones (excluding diaryl/α,β-unsaturated/α-hetero) is 1. The summed E-state index contributed by atoms with van der Waals surface area (Å²) in [6.07, 6.45) is 0. The summed E-state index contributed by atoms with van der Waals surface area (Å²) in [4.78, 5) is 11.2. The molecule has 0 fully saturated rings. The second-order valence-corrected chi connectivity index (χ2v) is 4.67. The lowest BCUT2D eigenvalue weighted by atomic mass is 10.1. The Morgan fingerprint density at radius 1 is 1.46 bits per heavy atom. The predicted molar refractivity (Wildman–Crippen MR) is 59.5 cm³/mol. The van der Waals surface area contributed by atoms with Crippen molar-refractivity contribution in [2.24, 2.45) is 0 Å². The molecular weight excluding hydrogens is 248 g/mol. The lowest BCUT2D eigenvalue weighted by Crippen LogP contribution is -1.88. The molecule has 13 heavy (non-hydrogen) atoms. The van der Waals surface area contributed by atoms with Gasteiger partial charge in [0.2, 0.25) is 0 Å². The number of carbonyl (C=O) groups excluding carboxylic acids is 1. The first-order valence-electron chi connectivity index (χ1n) is 3.86. The van der Waals surface area contributed by atoms with Gasteiger partial charge in [-0.2, -0.15) is 0 Å². The van der Waals surface area contributed by atoms with Gasteiger partial charge in [-0.3, -0.25) is 4.79 Å². The van der Waals surface area contributed by atoms with Gasteiger partial charge in [-0.25, -0.2) is 0 Å². The third kappa shape index (κ3) is 1.54. The predicted octanol–water partition coefficient (Wildman–Crippen LogP) is 3.87. The number of halogens is 1. The van der Waals surface area contributed by atoms with Gasteiger partial charge in [-0.1, -0.05) is 15.9 Å². The molecule has 0 saturated carbocycles. The van der Waals surface area contributed by atoms with E-state index >= 15 is 0 Å². The number of fused-ring (bicyclic) bond motifs is 1. The minimum Gasteiger partial charge on any atom is -0.294 e. The molecule has 0 bridgehead atoms. The Bertz CT molecular complexity index is 473. The standard InChI is InChI=1S/C10H7BrOS/c1-6(12)9-5-13-10-3-2-7(11)4-8(9)10/h2-5H,1H3. The van der Waals surface area contributed by atoms with Crippen LogP contribution in [0, 0.1) is 0 Å². The van der Waals surface area contributed by atoms with Crippen LogP contribution in [0.2, 0.25) is 0 Å². The van der Waals surface area contributed by atoms with Gasteiger partial charge >= 0.3 is 0 Å². The van der Waals surface area contributed by atoms with Crippen LogP contribution in [0.4, 0.5) is 0 Å². The number of carbonyl (C=O) groups is 1. The molecule has 0 aliphatic heterocycles. The number of benzene rings is 1. The van der Waals surface area contributed by atoms with Crippen LogP contribution in [-0.2, 0) is 0 Å². The maximum atomic E-state index is 11.2. The molecule has 1 aromatic heterocycles. The normalized spacial score (nSPS) is 10.6. The van der Waals surface area contributed by atoms with E-state index in [1.165, 1.54) is 0 Å². The zero-order chi connectivity index (χ0) is 9.42. The third-order valence-corrected chi connectivity index (χ3v) is 3.37. The number of thiophene rings is 1. The largest absolute Gasteiger partial charge is 0.294 e. The Morgan fingerprint density at radius 3 is 2.92 bits per heavy atom. The second kappa shape index (κ2) is 3.24. The molecule has 3 heteroatoms. The zero-order valence-electron chi connectivity index (χ0n) is 7.00. The smallest absolute Gasteiger partial charge is 0.161 e. The molecule has 0 aliphatic rings. The van der Waals surface area contributed by atoms with E-state index in [4.69, 9.17) is 0 Å². The van der Waals surface area contributed by atoms with E-state index in [0.717, 1.165) is 20.1 Å². The minimum absolute atomic E-state index is 0.129. The van der Waals surface area contributed by atoms with Crippen LogP contribution in [0.1, 0.15) is 17.3 Å². The molecule has 0 amide bonds. The van der Waals surface area contributed by atoms with Crippen LogP contribution in [0.3, 0.4) is 0 Å². The van der Waals surface area contributed by atoms with Gasteiger partial charge < -0.3 is 0 Å². The molecule has 0 radical (unpaired) electrons. The summed E-state index contributed by atoms with van der Waals surface area (Å²) in [5, 5.41) is 2.96. The molecule has 66 valence electrons. The van der Waals surface area contributed by atoms with Gasteiger partial charge in [0.15, 0.2) is 5.78 Å². The zero-order valence-corrected chi connectivity index (χ0v) is 9.41. The van der Waals surface area contributed by atoms with Gasteiger partial charge in [0.1, 0.15) is 0 Å². The summed E-state index contributed by atoms with van der Waals surface area (Å²) >= 11 is 5.00. The Kier molecular flexibility index (Phi) is 2.22. The summed E-state index contributed by atoms with van der Waals surface area (Å²) in [7, 11) is 0. The highest BCUT2D eigenvalue weighted by molar-refractivity contribution is 9.10. The highest BCUT2D eigenvalue weighted by Gasteiger charge is 2.07. The van der Waals surface area contributed by atoms with Gasteiger partial charge in [0.05, 0.1) is 0 Å². The summed E-state index contributed by atoms with van der Waals surface area (Å²) < 4.78 is 2.18. The van der Waals surface area contributed by atoms with Crippen molar-refractivity contribution in [3.8, 4) is 0 Å². The van der Waals surface area contributed by atoms with Crippen LogP contribution in [0.5, 0.6) is 0 Å². The van der Waals surface area contributed by atoms with E-state index in [-0.39, 0.29) is 5.78 Å². The Hall–Kier alpha value is -0.670. The maximum absolute atomic E-state index is 11.2. The maximum Gasteiger partial charge on any atom is 0.161 e. The Balaban J connectivity index is 2.79. The molecule has 0 spiro atoms. The molecule has 1 aromatic carbocycles. The first-order valence-corrected chi connectivity index (χ1v) is 5.53. The van der Waals surface area contributed by atoms with Crippen LogP contribution >= 0.6 is 27.3 Å². The lowest BCUT2D eigenvalue weighted by Gasteiger charge is -1.93. The van der Waals surface area contributed by atoms with E-state index in [0.29, 0.717) is 0 Å². The van der Waals surface area contributed by atoms with Crippen LogP contribution < -0.4 is 0 Å². The van der Waals surface area contributed by atoms with Crippen molar-refractivity contribution in [1.29, 1.82) is 0 Å². The second-order valence-electron chi connectivity index (χ2n) is 2.85. The van der Waals surface area contributed by atoms with E-state index in [2.05, 4.69) is 15.9 Å². The SMILES string of the molecule is CC(=O)c1csc2ccc(Br)cc12. The van der Waals surface area contributed by atoms with Crippen molar-refractivity contribution >= 4 is 43.1 Å². The van der Waals surface area contributed by atoms with Crippen molar-refractivity contribution in [2.45, 2.75) is 6.92 Å². The number of hydrogen-bond donors (Lipinski definition) is 0. The summed E-state index contributed by atoms with van der Waals surface area (Å²) in [5.41, 5.74) is 0.821. The fourth-order valence-electron chi connectivity index (χ4n) is 1.27. The van der Waals surface area contributed by atoms with E-state index < -0.39 is 0 Å². The fourth-order valence-corrected chi connectivity index (χ4v) is 2.62. The topological polar surface area (TPSA) is 17.1 Å². The van der Waals surface area contributed by atoms with Crippen LogP contribution in [0.25, 0.3) is 10.1 Å². The Labute approximate surface area is 88.5 Å². The van der Waals surface area contributed by atoms with Crippen molar-refractivity contribution in [3.63, 3.8) is 0 Å². The summed E-state index contributed by atoms with van der Waals surface area (Å²) in [5.74, 6) is 0.129. The molecule has 0 N–H and O–H groups in total. The van der Waals surface area contributed by atoms with E-state index in [9.17, 15) is 4.79 Å². The lowest BCUT2D eigenvalue weighted by molar-refractivity contribution is 0.101. The quantitative estimate of drug-likeness (QED) is 0.707. The molecule has 2 rings (SSSR count). The van der Waals surface area contributed by atoms with Gasteiger partial charge in [0, 0.05) is 25.5 Å². The third-order valence-electron chi connectivity index (χ3n) is 1.91. The minimum atomic E-state index is 0.129. The molecule has 0 aliphatic carbocycles. The fraction of sp³-hybridized carbons (Fsp3) is 0.100. The molecule has 1 heterocycles. The molecule has 0 saturated heterocycles. The summed E-state index contributed by atoms with van der Waals surface area (Å²) in [6, 6.07) is 6.00. The monoisotopic (exact) mass is 254 g/mol. The summed E-state index contributed by atoms with van der Waals surface area (Å²) in [6.45, 7) is 1.60. The molecule has 1 nitrogen and oxygen atoms in total. The first-order chi connectivity index (χ1) is 6.18. The average molecular weight is 255 g/mol. The molecular formula is C10H7BrOS. The first kappa shape index (κ1) is 8.91. The molecule has 2 aromatic rings. The highest BCUT2D eigenvalue weighted by Crippen LogP contribution is 2.28. The van der Waals surface area contributed by atoms with Gasteiger partial charge in [0.25, 0.3) is 0 Å². The average Bonchev–Trinajstić information content (AvgIpc) is 2.46. The Morgan fingerprint density at radius 2 is 2.23 bits per heavy atom. The molecule has 0 unspecified atom stereocenters. The van der Waals surface area contributed by atoms with Crippen molar-refractivity contribution in [2.75, 3.05) is 0 Å². The van der Waals surface area contributed by atoms with E-state index in [1.807, 2.05) is 23.6 Å². The van der Waals surface area contributed by atoms with Gasteiger partial charge in [-0.15, -0.1) is 11.3 Å². The number of rotatable bonds is 1. The number of ketones is 1. The van der Waals surface area contributed by atoms with Gasteiger partial charge in [-0.05, 0) is 25.1 Å². The van der Waals surface area contributed by atoms with Crippen molar-refractivity contribution in [3.05, 3.63) is 33.6 Å². The van der Waals surface area contributed by atoms with Crippen LogP contribution in [-0.4, -0.2) is 5.78 Å². The number of hydrogen-bond acceptors (Lipinski definition) is 2. The van der Waals surface area contributed by atoms with Crippen molar-refractivity contribution in [1.82, 2.24) is 0 Å². The molecule has 0 atom stereocenters. The van der Waals surface area contributed by atoms with Crippen LogP contribution in [0.15, 0.2) is 28.1 Å². The highest BCUT2D eigenvalue weighted by atomic mass is 79.9. The van der Waals surface area contributed by atoms with E-state index in [1.54, 1.807) is 18.3 Å². The van der Waals surface area contributed by atoms with Crippen molar-refractivity contribution < 1.29 is 4.79 Å².